The Morgan fingerprint density at radius 2 is 1.95 bits per heavy atom. The van der Waals surface area contributed by atoms with Gasteiger partial charge in [-0.15, -0.1) is 0 Å². The predicted octanol–water partition coefficient (Wildman–Crippen LogP) is 1.49. The molecule has 1 heterocycles. The Labute approximate surface area is 129 Å². The van der Waals surface area contributed by atoms with Crippen LogP contribution in [0.3, 0.4) is 0 Å². The summed E-state index contributed by atoms with van der Waals surface area (Å²) < 4.78 is 24.4. The standard InChI is InChI=1S/C14H18N4O3S/c1-17(9-11-8-15-18(2)10-11)14(19)16-12-4-6-13(7-5-12)22(3,20)21/h4-8,10H,9H2,1-3H3,(H,16,19). The average Bonchev–Trinajstić information content (AvgIpc) is 2.83. The van der Waals surface area contributed by atoms with E-state index in [0.29, 0.717) is 12.2 Å². The molecule has 0 spiro atoms. The summed E-state index contributed by atoms with van der Waals surface area (Å²) >= 11 is 0. The van der Waals surface area contributed by atoms with Gasteiger partial charge in [0.2, 0.25) is 0 Å². The van der Waals surface area contributed by atoms with Gasteiger partial charge in [0.05, 0.1) is 17.6 Å². The summed E-state index contributed by atoms with van der Waals surface area (Å²) in [6.07, 6.45) is 4.68. The van der Waals surface area contributed by atoms with E-state index in [1.54, 1.807) is 30.1 Å². The van der Waals surface area contributed by atoms with E-state index in [-0.39, 0.29) is 10.9 Å². The minimum Gasteiger partial charge on any atom is -0.323 e. The van der Waals surface area contributed by atoms with Crippen molar-refractivity contribution in [2.75, 3.05) is 18.6 Å². The molecule has 8 heteroatoms. The third-order valence-corrected chi connectivity index (χ3v) is 4.19. The normalized spacial score (nSPS) is 11.2. The molecule has 1 aromatic carbocycles. The summed E-state index contributed by atoms with van der Waals surface area (Å²) in [4.78, 5) is 13.8. The molecule has 2 rings (SSSR count). The smallest absolute Gasteiger partial charge is 0.321 e. The van der Waals surface area contributed by atoms with Gasteiger partial charge in [0, 0.05) is 37.8 Å². The van der Waals surface area contributed by atoms with Gasteiger partial charge < -0.3 is 10.2 Å². The molecule has 0 aliphatic rings. The Kier molecular flexibility index (Phi) is 4.51. The van der Waals surface area contributed by atoms with E-state index in [9.17, 15) is 13.2 Å². The molecule has 118 valence electrons. The maximum Gasteiger partial charge on any atom is 0.321 e. The number of nitrogens with one attached hydrogen (secondary N) is 1. The van der Waals surface area contributed by atoms with Crippen molar-refractivity contribution in [2.24, 2.45) is 7.05 Å². The van der Waals surface area contributed by atoms with Gasteiger partial charge >= 0.3 is 6.03 Å². The lowest BCUT2D eigenvalue weighted by Crippen LogP contribution is -2.30. The quantitative estimate of drug-likeness (QED) is 0.924. The Balaban J connectivity index is 1.99. The van der Waals surface area contributed by atoms with Crippen LogP contribution >= 0.6 is 0 Å². The molecule has 7 nitrogen and oxygen atoms in total. The summed E-state index contributed by atoms with van der Waals surface area (Å²) in [5, 5.41) is 6.76. The van der Waals surface area contributed by atoms with Crippen molar-refractivity contribution in [1.82, 2.24) is 14.7 Å². The molecule has 22 heavy (non-hydrogen) atoms. The Bertz CT molecular complexity index is 766. The second-order valence-electron chi connectivity index (χ2n) is 5.11. The SMILES string of the molecule is CN(Cc1cnn(C)c1)C(=O)Nc1ccc(S(C)(=O)=O)cc1. The summed E-state index contributed by atoms with van der Waals surface area (Å²) in [5.41, 5.74) is 1.46. The third kappa shape index (κ3) is 4.08. The van der Waals surface area contributed by atoms with E-state index in [1.165, 1.54) is 17.0 Å². The van der Waals surface area contributed by atoms with Crippen molar-refractivity contribution in [2.45, 2.75) is 11.4 Å². The number of carbonyl (C=O) groups excluding carboxylic acids is 1. The number of benzene rings is 1. The van der Waals surface area contributed by atoms with E-state index >= 15 is 0 Å². The Morgan fingerprint density at radius 1 is 1.32 bits per heavy atom. The van der Waals surface area contributed by atoms with Gasteiger partial charge in [-0.1, -0.05) is 0 Å². The maximum absolute atomic E-state index is 12.1. The van der Waals surface area contributed by atoms with Crippen LogP contribution in [0, 0.1) is 0 Å². The molecule has 0 atom stereocenters. The molecule has 0 saturated heterocycles. The first-order valence-corrected chi connectivity index (χ1v) is 8.44. The van der Waals surface area contributed by atoms with Crippen LogP contribution in [-0.4, -0.2) is 42.4 Å². The van der Waals surface area contributed by atoms with Gasteiger partial charge in [-0.25, -0.2) is 13.2 Å². The van der Waals surface area contributed by atoms with E-state index in [4.69, 9.17) is 0 Å². The third-order valence-electron chi connectivity index (χ3n) is 3.06. The van der Waals surface area contributed by atoms with Crippen molar-refractivity contribution in [3.63, 3.8) is 0 Å². The van der Waals surface area contributed by atoms with Gasteiger partial charge in [0.25, 0.3) is 0 Å². The van der Waals surface area contributed by atoms with Gasteiger partial charge in [-0.2, -0.15) is 5.10 Å². The van der Waals surface area contributed by atoms with Crippen molar-refractivity contribution in [3.8, 4) is 0 Å². The van der Waals surface area contributed by atoms with Crippen molar-refractivity contribution in [1.29, 1.82) is 0 Å². The summed E-state index contributed by atoms with van der Waals surface area (Å²) in [7, 11) is 0.251. The first kappa shape index (κ1) is 16.0. The van der Waals surface area contributed by atoms with Crippen LogP contribution in [0.5, 0.6) is 0 Å². The van der Waals surface area contributed by atoms with Crippen LogP contribution in [0.25, 0.3) is 0 Å². The number of hydrogen-bond donors (Lipinski definition) is 1. The Hall–Kier alpha value is -2.35. The summed E-state index contributed by atoms with van der Waals surface area (Å²) in [5.74, 6) is 0. The second kappa shape index (κ2) is 6.18. The lowest BCUT2D eigenvalue weighted by molar-refractivity contribution is 0.220. The van der Waals surface area contributed by atoms with Gasteiger partial charge in [0.15, 0.2) is 9.84 Å². The van der Waals surface area contributed by atoms with Gasteiger partial charge in [-0.05, 0) is 24.3 Å². The van der Waals surface area contributed by atoms with Crippen LogP contribution in [-0.2, 0) is 23.4 Å². The Morgan fingerprint density at radius 3 is 2.45 bits per heavy atom. The number of urea groups is 1. The molecule has 1 aromatic heterocycles. The number of carbonyl (C=O) groups is 1. The highest BCUT2D eigenvalue weighted by Gasteiger charge is 2.11. The van der Waals surface area contributed by atoms with Crippen molar-refractivity contribution < 1.29 is 13.2 Å². The maximum atomic E-state index is 12.1. The first-order valence-electron chi connectivity index (χ1n) is 6.55. The average molecular weight is 322 g/mol. The highest BCUT2D eigenvalue weighted by molar-refractivity contribution is 7.90. The zero-order valence-corrected chi connectivity index (χ0v) is 13.5. The van der Waals surface area contributed by atoms with E-state index in [0.717, 1.165) is 11.8 Å². The molecular formula is C14H18N4O3S. The number of rotatable bonds is 4. The van der Waals surface area contributed by atoms with E-state index in [1.807, 2.05) is 13.2 Å². The number of sulfone groups is 1. The minimum atomic E-state index is -3.24. The number of hydrogen-bond acceptors (Lipinski definition) is 4. The number of nitrogens with zero attached hydrogens (tertiary/aromatic N) is 3. The monoisotopic (exact) mass is 322 g/mol. The fourth-order valence-electron chi connectivity index (χ4n) is 1.90. The van der Waals surface area contributed by atoms with E-state index < -0.39 is 9.84 Å². The number of aromatic nitrogens is 2. The molecule has 2 aromatic rings. The highest BCUT2D eigenvalue weighted by atomic mass is 32.2. The lowest BCUT2D eigenvalue weighted by Gasteiger charge is -2.17. The number of aryl methyl sites for hydroxylation is 1. The number of anilines is 1. The van der Waals surface area contributed by atoms with Crippen LogP contribution in [0.15, 0.2) is 41.6 Å². The molecule has 0 radical (unpaired) electrons. The van der Waals surface area contributed by atoms with Crippen LogP contribution < -0.4 is 5.32 Å². The minimum absolute atomic E-state index is 0.217. The highest BCUT2D eigenvalue weighted by Crippen LogP contribution is 2.14. The summed E-state index contributed by atoms with van der Waals surface area (Å²) in [6, 6.07) is 5.77. The van der Waals surface area contributed by atoms with Gasteiger partial charge in [0.1, 0.15) is 0 Å². The molecule has 0 bridgehead atoms. The lowest BCUT2D eigenvalue weighted by atomic mass is 10.3. The van der Waals surface area contributed by atoms with Crippen molar-refractivity contribution >= 4 is 21.6 Å². The molecule has 0 fully saturated rings. The zero-order chi connectivity index (χ0) is 16.3. The molecular weight excluding hydrogens is 304 g/mol. The fraction of sp³-hybridized carbons (Fsp3) is 0.286. The largest absolute Gasteiger partial charge is 0.323 e. The molecule has 2 amide bonds. The number of amides is 2. The van der Waals surface area contributed by atoms with Crippen LogP contribution in [0.4, 0.5) is 10.5 Å². The topological polar surface area (TPSA) is 84.3 Å². The summed E-state index contributed by atoms with van der Waals surface area (Å²) in [6.45, 7) is 0.432. The van der Waals surface area contributed by atoms with Gasteiger partial charge in [-0.3, -0.25) is 4.68 Å². The molecule has 1 N–H and O–H groups in total. The zero-order valence-electron chi connectivity index (χ0n) is 12.6. The van der Waals surface area contributed by atoms with Crippen LogP contribution in [0.1, 0.15) is 5.56 Å². The molecule has 0 saturated carbocycles. The molecule has 0 aliphatic carbocycles. The van der Waals surface area contributed by atoms with Crippen LogP contribution in [0.2, 0.25) is 0 Å². The van der Waals surface area contributed by atoms with Crippen molar-refractivity contribution in [3.05, 3.63) is 42.2 Å². The first-order chi connectivity index (χ1) is 10.3. The molecule has 0 aliphatic heterocycles. The van der Waals surface area contributed by atoms with E-state index in [2.05, 4.69) is 10.4 Å². The fourth-order valence-corrected chi connectivity index (χ4v) is 2.53. The second-order valence-corrected chi connectivity index (χ2v) is 7.12. The predicted molar refractivity (Wildman–Crippen MR) is 83.2 cm³/mol. The molecule has 0 unspecified atom stereocenters.